The second-order valence-corrected chi connectivity index (χ2v) is 5.54. The number of nitrogens with one attached hydrogen (secondary N) is 1. The number of carbonyl (C=O) groups excluding carboxylic acids is 1. The molecule has 0 fully saturated rings. The Bertz CT molecular complexity index is 449. The molecule has 4 nitrogen and oxygen atoms in total. The maximum Gasteiger partial charge on any atom is 0.231 e. The minimum absolute atomic E-state index is 0.0550. The van der Waals surface area contributed by atoms with E-state index in [0.717, 1.165) is 4.88 Å². The largest absolute Gasteiger partial charge is 0.395 e. The lowest BCUT2D eigenvalue weighted by Gasteiger charge is -2.15. The van der Waals surface area contributed by atoms with Crippen LogP contribution in [0, 0.1) is 17.3 Å². The zero-order valence-corrected chi connectivity index (χ0v) is 11.0. The van der Waals surface area contributed by atoms with Crippen molar-refractivity contribution in [2.75, 3.05) is 11.9 Å². The first-order valence-electron chi connectivity index (χ1n) is 5.30. The van der Waals surface area contributed by atoms with Crippen LogP contribution in [-0.4, -0.2) is 22.6 Å². The molecule has 0 aliphatic carbocycles. The summed E-state index contributed by atoms with van der Waals surface area (Å²) in [6.45, 7) is 5.59. The molecule has 1 aromatic rings. The van der Waals surface area contributed by atoms with Crippen LogP contribution < -0.4 is 5.32 Å². The van der Waals surface area contributed by atoms with E-state index in [4.69, 9.17) is 5.11 Å². The van der Waals surface area contributed by atoms with Gasteiger partial charge >= 0.3 is 0 Å². The normalized spacial score (nSPS) is 10.6. The molecule has 2 N–H and O–H groups in total. The van der Waals surface area contributed by atoms with Gasteiger partial charge in [-0.15, -0.1) is 0 Å². The van der Waals surface area contributed by atoms with Gasteiger partial charge in [-0.2, -0.15) is 0 Å². The van der Waals surface area contributed by atoms with Gasteiger partial charge in [-0.1, -0.05) is 43.9 Å². The summed E-state index contributed by atoms with van der Waals surface area (Å²) < 4.78 is 0. The number of aliphatic hydroxyl groups excluding tert-OH is 1. The minimum atomic E-state index is -0.436. The number of aliphatic hydroxyl groups is 1. The molecule has 0 bridgehead atoms. The Kier molecular flexibility index (Phi) is 4.67. The van der Waals surface area contributed by atoms with Crippen molar-refractivity contribution in [3.05, 3.63) is 11.1 Å². The molecule has 0 saturated carbocycles. The summed E-state index contributed by atoms with van der Waals surface area (Å²) in [7, 11) is 0. The molecule has 0 aromatic carbocycles. The summed E-state index contributed by atoms with van der Waals surface area (Å²) in [5.41, 5.74) is -0.436. The quantitative estimate of drug-likeness (QED) is 0.790. The van der Waals surface area contributed by atoms with Gasteiger partial charge in [0.2, 0.25) is 5.91 Å². The Morgan fingerprint density at radius 3 is 2.88 bits per heavy atom. The molecule has 0 radical (unpaired) electrons. The lowest BCUT2D eigenvalue weighted by molar-refractivity contribution is -0.123. The van der Waals surface area contributed by atoms with Crippen molar-refractivity contribution in [2.45, 2.75) is 27.2 Å². The first kappa shape index (κ1) is 13.7. The number of rotatable bonds is 2. The number of nitrogens with zero attached hydrogens (tertiary/aromatic N) is 1. The van der Waals surface area contributed by atoms with Gasteiger partial charge in [0, 0.05) is 11.8 Å². The van der Waals surface area contributed by atoms with E-state index >= 15 is 0 Å². The van der Waals surface area contributed by atoms with Gasteiger partial charge in [-0.05, 0) is 0 Å². The van der Waals surface area contributed by atoms with Crippen molar-refractivity contribution in [3.63, 3.8) is 0 Å². The number of carbonyl (C=O) groups is 1. The molecule has 0 aliphatic heterocycles. The first-order valence-corrected chi connectivity index (χ1v) is 6.12. The predicted octanol–water partition coefficient (Wildman–Crippen LogP) is 1.86. The Labute approximate surface area is 105 Å². The van der Waals surface area contributed by atoms with Crippen molar-refractivity contribution in [3.8, 4) is 11.8 Å². The second-order valence-electron chi connectivity index (χ2n) is 4.51. The molecule has 0 unspecified atom stereocenters. The van der Waals surface area contributed by atoms with E-state index in [1.165, 1.54) is 11.3 Å². The molecule has 0 aliphatic rings. The van der Waals surface area contributed by atoms with Crippen LogP contribution in [0.15, 0.2) is 6.20 Å². The molecule has 5 heteroatoms. The van der Waals surface area contributed by atoms with Gasteiger partial charge < -0.3 is 10.4 Å². The molecule has 1 amide bonds. The maximum atomic E-state index is 11.7. The van der Waals surface area contributed by atoms with Crippen LogP contribution in [0.1, 0.15) is 32.1 Å². The molecular weight excluding hydrogens is 236 g/mol. The van der Waals surface area contributed by atoms with E-state index in [0.29, 0.717) is 11.6 Å². The molecule has 17 heavy (non-hydrogen) atoms. The van der Waals surface area contributed by atoms with Crippen molar-refractivity contribution >= 4 is 22.4 Å². The standard InChI is InChI=1S/C12H16N2O2S/c1-12(2,3)10(16)14-11-13-8-9(17-11)6-4-5-7-15/h8,15H,5,7H2,1-3H3,(H,13,14,16). The summed E-state index contributed by atoms with van der Waals surface area (Å²) in [5.74, 6) is 5.61. The van der Waals surface area contributed by atoms with Crippen LogP contribution >= 0.6 is 11.3 Å². The molecule has 1 rings (SSSR count). The van der Waals surface area contributed by atoms with Crippen LogP contribution in [0.4, 0.5) is 5.13 Å². The van der Waals surface area contributed by atoms with Gasteiger partial charge in [0.25, 0.3) is 0 Å². The summed E-state index contributed by atoms with van der Waals surface area (Å²) in [6.07, 6.45) is 2.06. The highest BCUT2D eigenvalue weighted by molar-refractivity contribution is 7.16. The third kappa shape index (κ3) is 4.55. The van der Waals surface area contributed by atoms with E-state index in [1.807, 2.05) is 20.8 Å². The van der Waals surface area contributed by atoms with Crippen molar-refractivity contribution in [1.82, 2.24) is 4.98 Å². The zero-order valence-electron chi connectivity index (χ0n) is 10.2. The zero-order chi connectivity index (χ0) is 12.9. The molecule has 0 spiro atoms. The fraction of sp³-hybridized carbons (Fsp3) is 0.500. The molecule has 0 saturated heterocycles. The molecular formula is C12H16N2O2S. The number of thiazole rings is 1. The highest BCUT2D eigenvalue weighted by Gasteiger charge is 2.21. The SMILES string of the molecule is CC(C)(C)C(=O)Nc1ncc(C#CCCO)s1. The van der Waals surface area contributed by atoms with E-state index < -0.39 is 5.41 Å². The van der Waals surface area contributed by atoms with Crippen molar-refractivity contribution in [2.24, 2.45) is 5.41 Å². The van der Waals surface area contributed by atoms with Crippen LogP contribution in [0.2, 0.25) is 0 Å². The number of aromatic nitrogens is 1. The third-order valence-electron chi connectivity index (χ3n) is 1.86. The summed E-state index contributed by atoms with van der Waals surface area (Å²) >= 11 is 1.33. The number of hydrogen-bond donors (Lipinski definition) is 2. The Hall–Kier alpha value is -1.38. The molecule has 1 aromatic heterocycles. The minimum Gasteiger partial charge on any atom is -0.395 e. The molecule has 1 heterocycles. The average Bonchev–Trinajstić information content (AvgIpc) is 2.65. The summed E-state index contributed by atoms with van der Waals surface area (Å²) in [4.78, 5) is 16.5. The number of hydrogen-bond acceptors (Lipinski definition) is 4. The lowest BCUT2D eigenvalue weighted by Crippen LogP contribution is -2.27. The monoisotopic (exact) mass is 252 g/mol. The van der Waals surface area contributed by atoms with E-state index in [2.05, 4.69) is 22.1 Å². The van der Waals surface area contributed by atoms with Crippen LogP contribution in [-0.2, 0) is 4.79 Å². The third-order valence-corrected chi connectivity index (χ3v) is 2.68. The Balaban J connectivity index is 2.64. The van der Waals surface area contributed by atoms with Gasteiger partial charge in [0.15, 0.2) is 5.13 Å². The average molecular weight is 252 g/mol. The highest BCUT2D eigenvalue weighted by Crippen LogP contribution is 2.21. The maximum absolute atomic E-state index is 11.7. The van der Waals surface area contributed by atoms with Crippen molar-refractivity contribution < 1.29 is 9.90 Å². The van der Waals surface area contributed by atoms with Gasteiger partial charge in [0.05, 0.1) is 17.7 Å². The van der Waals surface area contributed by atoms with Gasteiger partial charge in [0.1, 0.15) is 0 Å². The Morgan fingerprint density at radius 1 is 1.59 bits per heavy atom. The van der Waals surface area contributed by atoms with Gasteiger partial charge in [-0.25, -0.2) is 4.98 Å². The van der Waals surface area contributed by atoms with Gasteiger partial charge in [-0.3, -0.25) is 4.79 Å². The summed E-state index contributed by atoms with van der Waals surface area (Å²) in [5, 5.41) is 11.9. The van der Waals surface area contributed by atoms with E-state index in [1.54, 1.807) is 6.20 Å². The predicted molar refractivity (Wildman–Crippen MR) is 68.8 cm³/mol. The van der Waals surface area contributed by atoms with E-state index in [-0.39, 0.29) is 12.5 Å². The fourth-order valence-corrected chi connectivity index (χ4v) is 1.57. The Morgan fingerprint density at radius 2 is 2.29 bits per heavy atom. The van der Waals surface area contributed by atoms with Crippen LogP contribution in [0.5, 0.6) is 0 Å². The van der Waals surface area contributed by atoms with Crippen molar-refractivity contribution in [1.29, 1.82) is 0 Å². The smallest absolute Gasteiger partial charge is 0.231 e. The summed E-state index contributed by atoms with van der Waals surface area (Å²) in [6, 6.07) is 0. The van der Waals surface area contributed by atoms with Crippen LogP contribution in [0.25, 0.3) is 0 Å². The number of amides is 1. The lowest BCUT2D eigenvalue weighted by atomic mass is 9.96. The first-order chi connectivity index (χ1) is 7.93. The number of anilines is 1. The topological polar surface area (TPSA) is 62.2 Å². The second kappa shape index (κ2) is 5.80. The van der Waals surface area contributed by atoms with Crippen LogP contribution in [0.3, 0.4) is 0 Å². The molecule has 92 valence electrons. The highest BCUT2D eigenvalue weighted by atomic mass is 32.1. The molecule has 0 atom stereocenters. The fourth-order valence-electron chi connectivity index (χ4n) is 0.880. The van der Waals surface area contributed by atoms with E-state index in [9.17, 15) is 4.79 Å².